The van der Waals surface area contributed by atoms with E-state index < -0.39 is 5.54 Å². The average molecular weight is 511 g/mol. The number of pyridine rings is 1. The van der Waals surface area contributed by atoms with Crippen LogP contribution in [0, 0.1) is 0 Å². The van der Waals surface area contributed by atoms with Gasteiger partial charge in [0.15, 0.2) is 0 Å². The molecular formula is C30H34N6O2. The number of amides is 1. The second-order valence-corrected chi connectivity index (χ2v) is 9.63. The lowest BCUT2D eigenvalue weighted by Crippen LogP contribution is -2.45. The third-order valence-electron chi connectivity index (χ3n) is 7.28. The third-order valence-corrected chi connectivity index (χ3v) is 7.28. The number of anilines is 1. The summed E-state index contributed by atoms with van der Waals surface area (Å²) in [6.45, 7) is 6.44. The SMILES string of the molecule is CCc1cccc(CC)c1CNC(=O)c1cccc(NC2(c3nnc(-c4ccncc4)o3)CCNCC2)c1. The number of benzene rings is 2. The molecule has 1 amide bonds. The Balaban J connectivity index is 1.35. The molecule has 1 aliphatic heterocycles. The summed E-state index contributed by atoms with van der Waals surface area (Å²) in [4.78, 5) is 17.2. The molecule has 8 heteroatoms. The molecule has 1 aliphatic rings. The quantitative estimate of drug-likeness (QED) is 0.295. The lowest BCUT2D eigenvalue weighted by atomic mass is 9.87. The number of nitrogens with zero attached hydrogens (tertiary/aromatic N) is 3. The molecule has 5 rings (SSSR count). The number of carbonyl (C=O) groups excluding carboxylic acids is 1. The van der Waals surface area contributed by atoms with Crippen LogP contribution >= 0.6 is 0 Å². The van der Waals surface area contributed by atoms with Crippen molar-refractivity contribution >= 4 is 11.6 Å². The summed E-state index contributed by atoms with van der Waals surface area (Å²) in [5.41, 5.74) is 5.51. The van der Waals surface area contributed by atoms with Gasteiger partial charge in [0.1, 0.15) is 5.54 Å². The first-order chi connectivity index (χ1) is 18.6. The topological polar surface area (TPSA) is 105 Å². The second-order valence-electron chi connectivity index (χ2n) is 9.63. The van der Waals surface area contributed by atoms with E-state index in [-0.39, 0.29) is 5.91 Å². The summed E-state index contributed by atoms with van der Waals surface area (Å²) in [5, 5.41) is 18.9. The highest BCUT2D eigenvalue weighted by Gasteiger charge is 2.39. The normalized spacial score (nSPS) is 14.7. The maximum Gasteiger partial charge on any atom is 0.251 e. The summed E-state index contributed by atoms with van der Waals surface area (Å²) >= 11 is 0. The largest absolute Gasteiger partial charge is 0.418 e. The van der Waals surface area contributed by atoms with E-state index in [0.29, 0.717) is 23.9 Å². The predicted molar refractivity (Wildman–Crippen MR) is 148 cm³/mol. The molecule has 0 saturated carbocycles. The third kappa shape index (κ3) is 5.45. The van der Waals surface area contributed by atoms with Crippen LogP contribution in [0.3, 0.4) is 0 Å². The Hall–Kier alpha value is -4.04. The first-order valence-corrected chi connectivity index (χ1v) is 13.3. The van der Waals surface area contributed by atoms with Gasteiger partial charge in [0.05, 0.1) is 0 Å². The van der Waals surface area contributed by atoms with Gasteiger partial charge in [-0.2, -0.15) is 0 Å². The zero-order valence-electron chi connectivity index (χ0n) is 22.0. The van der Waals surface area contributed by atoms with Crippen LogP contribution in [-0.2, 0) is 24.9 Å². The maximum absolute atomic E-state index is 13.2. The number of hydrogen-bond donors (Lipinski definition) is 3. The van der Waals surface area contributed by atoms with Crippen LogP contribution in [0.1, 0.15) is 59.6 Å². The predicted octanol–water partition coefficient (Wildman–Crippen LogP) is 4.88. The first kappa shape index (κ1) is 25.6. The molecule has 1 saturated heterocycles. The Morgan fingerprint density at radius 2 is 1.68 bits per heavy atom. The first-order valence-electron chi connectivity index (χ1n) is 13.3. The standard InChI is InChI=1S/C30H34N6O2/c1-3-21-7-5-8-22(4-2)26(21)20-33-27(37)24-9-6-10-25(19-24)34-30(13-17-32-18-14-30)29-36-35-28(38-29)23-11-15-31-16-12-23/h5-12,15-16,19,32,34H,3-4,13-14,17-18,20H2,1-2H3,(H,33,37). The lowest BCUT2D eigenvalue weighted by molar-refractivity contribution is 0.0950. The number of aromatic nitrogens is 3. The average Bonchev–Trinajstić information content (AvgIpc) is 3.48. The molecule has 0 radical (unpaired) electrons. The molecule has 0 unspecified atom stereocenters. The monoisotopic (exact) mass is 510 g/mol. The lowest BCUT2D eigenvalue weighted by Gasteiger charge is -2.36. The van der Waals surface area contributed by atoms with Crippen molar-refractivity contribution in [2.75, 3.05) is 18.4 Å². The molecule has 8 nitrogen and oxygen atoms in total. The van der Waals surface area contributed by atoms with E-state index in [2.05, 4.69) is 63.2 Å². The van der Waals surface area contributed by atoms with Gasteiger partial charge in [-0.1, -0.05) is 38.1 Å². The van der Waals surface area contributed by atoms with Gasteiger partial charge in [-0.15, -0.1) is 10.2 Å². The van der Waals surface area contributed by atoms with Crippen molar-refractivity contribution in [1.82, 2.24) is 25.8 Å². The molecular weight excluding hydrogens is 476 g/mol. The molecule has 2 aromatic carbocycles. The van der Waals surface area contributed by atoms with Gasteiger partial charge in [0, 0.05) is 35.8 Å². The van der Waals surface area contributed by atoms with E-state index in [1.54, 1.807) is 12.4 Å². The number of nitrogens with one attached hydrogen (secondary N) is 3. The van der Waals surface area contributed by atoms with Gasteiger partial charge in [-0.3, -0.25) is 9.78 Å². The minimum absolute atomic E-state index is 0.0984. The molecule has 2 aromatic heterocycles. The number of rotatable bonds is 9. The molecule has 3 N–H and O–H groups in total. The van der Waals surface area contributed by atoms with E-state index in [1.165, 1.54) is 16.7 Å². The van der Waals surface area contributed by atoms with Crippen molar-refractivity contribution in [3.8, 4) is 11.5 Å². The van der Waals surface area contributed by atoms with Crippen molar-refractivity contribution < 1.29 is 9.21 Å². The van der Waals surface area contributed by atoms with Crippen LogP contribution < -0.4 is 16.0 Å². The van der Waals surface area contributed by atoms with Gasteiger partial charge in [-0.05, 0) is 85.8 Å². The molecule has 0 bridgehead atoms. The van der Waals surface area contributed by atoms with Crippen molar-refractivity contribution in [1.29, 1.82) is 0 Å². The van der Waals surface area contributed by atoms with E-state index in [9.17, 15) is 4.79 Å². The fraction of sp³-hybridized carbons (Fsp3) is 0.333. The smallest absolute Gasteiger partial charge is 0.251 e. The van der Waals surface area contributed by atoms with Crippen molar-refractivity contribution in [2.24, 2.45) is 0 Å². The van der Waals surface area contributed by atoms with Gasteiger partial charge in [0.25, 0.3) is 5.91 Å². The molecule has 0 aliphatic carbocycles. The summed E-state index contributed by atoms with van der Waals surface area (Å²) < 4.78 is 6.17. The van der Waals surface area contributed by atoms with Crippen LogP contribution in [-0.4, -0.2) is 34.2 Å². The molecule has 0 atom stereocenters. The summed E-state index contributed by atoms with van der Waals surface area (Å²) in [6.07, 6.45) is 6.84. The fourth-order valence-electron chi connectivity index (χ4n) is 5.14. The van der Waals surface area contributed by atoms with E-state index in [4.69, 9.17) is 4.42 Å². The Morgan fingerprint density at radius 3 is 2.39 bits per heavy atom. The fourth-order valence-corrected chi connectivity index (χ4v) is 5.14. The molecule has 38 heavy (non-hydrogen) atoms. The van der Waals surface area contributed by atoms with Gasteiger partial charge in [0.2, 0.25) is 11.8 Å². The number of piperidine rings is 1. The Labute approximate surface area is 223 Å². The Morgan fingerprint density at radius 1 is 0.974 bits per heavy atom. The molecule has 1 fully saturated rings. The molecule has 0 spiro atoms. The Bertz CT molecular complexity index is 1360. The van der Waals surface area contributed by atoms with Gasteiger partial charge < -0.3 is 20.4 Å². The van der Waals surface area contributed by atoms with E-state index in [1.807, 2.05) is 36.4 Å². The van der Waals surface area contributed by atoms with E-state index in [0.717, 1.165) is 50.0 Å². The highest BCUT2D eigenvalue weighted by molar-refractivity contribution is 5.95. The molecule has 196 valence electrons. The summed E-state index contributed by atoms with van der Waals surface area (Å²) in [6, 6.07) is 17.7. The summed E-state index contributed by atoms with van der Waals surface area (Å²) in [5.74, 6) is 0.914. The number of hydrogen-bond acceptors (Lipinski definition) is 7. The van der Waals surface area contributed by atoms with Crippen molar-refractivity contribution in [2.45, 2.75) is 51.6 Å². The van der Waals surface area contributed by atoms with E-state index >= 15 is 0 Å². The number of carbonyl (C=O) groups is 1. The van der Waals surface area contributed by atoms with Crippen molar-refractivity contribution in [3.05, 3.63) is 95.1 Å². The van der Waals surface area contributed by atoms with Crippen LogP contribution in [0.5, 0.6) is 0 Å². The highest BCUT2D eigenvalue weighted by atomic mass is 16.4. The minimum atomic E-state index is -0.533. The second kappa shape index (κ2) is 11.6. The molecule has 4 aromatic rings. The van der Waals surface area contributed by atoms with Crippen molar-refractivity contribution in [3.63, 3.8) is 0 Å². The number of aryl methyl sites for hydroxylation is 2. The Kier molecular flexibility index (Phi) is 7.79. The summed E-state index contributed by atoms with van der Waals surface area (Å²) in [7, 11) is 0. The van der Waals surface area contributed by atoms with Crippen LogP contribution in [0.2, 0.25) is 0 Å². The zero-order chi connectivity index (χ0) is 26.4. The van der Waals surface area contributed by atoms with Crippen LogP contribution in [0.15, 0.2) is 71.4 Å². The van der Waals surface area contributed by atoms with Crippen LogP contribution in [0.25, 0.3) is 11.5 Å². The minimum Gasteiger partial charge on any atom is -0.418 e. The zero-order valence-corrected chi connectivity index (χ0v) is 22.0. The molecule has 3 heterocycles. The van der Waals surface area contributed by atoms with Gasteiger partial charge in [-0.25, -0.2) is 0 Å². The van der Waals surface area contributed by atoms with Crippen LogP contribution in [0.4, 0.5) is 5.69 Å². The highest BCUT2D eigenvalue weighted by Crippen LogP contribution is 2.35. The maximum atomic E-state index is 13.2. The van der Waals surface area contributed by atoms with Gasteiger partial charge >= 0.3 is 0 Å².